The molecular weight excluding hydrogens is 751 g/mol. The van der Waals surface area contributed by atoms with Crippen molar-refractivity contribution in [2.75, 3.05) is 21.3 Å². The van der Waals surface area contributed by atoms with Crippen LogP contribution in [0.4, 0.5) is 28.4 Å². The largest absolute Gasteiger partial charge is 0.399 e. The van der Waals surface area contributed by atoms with Gasteiger partial charge in [0.25, 0.3) is 23.6 Å². The standard InChI is InChI=1S/C49H27N7O4/c1-54-43-24-32(10-19-44(43)56-47(58)40-18-9-31(23-42(40)49(56)60)28-4-13-37(53)14-5-28)33-20-34(25-50)45(35(21-33)26-51)29-6-15-38(16-7-29)55-46(57)39-17-8-30(22-41(39)48(55)59)27-2-11-36(52)12-3-27/h2-24H,52-53H2. The van der Waals surface area contributed by atoms with Gasteiger partial charge in [0.05, 0.1) is 63.5 Å². The Balaban J connectivity index is 0.996. The average Bonchev–Trinajstić information content (AvgIpc) is 3.68. The summed E-state index contributed by atoms with van der Waals surface area (Å²) in [6.07, 6.45) is 0. The number of carbonyl (C=O) groups excluding carboxylic acids is 4. The maximum atomic E-state index is 13.7. The molecule has 0 aliphatic carbocycles. The highest BCUT2D eigenvalue weighted by Crippen LogP contribution is 2.41. The molecule has 0 aromatic heterocycles. The summed E-state index contributed by atoms with van der Waals surface area (Å²) in [5, 5.41) is 20.6. The van der Waals surface area contributed by atoms with E-state index < -0.39 is 23.6 Å². The smallest absolute Gasteiger partial charge is 0.266 e. The Labute approximate surface area is 343 Å². The van der Waals surface area contributed by atoms with Gasteiger partial charge in [-0.15, -0.1) is 0 Å². The van der Waals surface area contributed by atoms with Gasteiger partial charge in [0.1, 0.15) is 0 Å². The number of nitriles is 2. The van der Waals surface area contributed by atoms with E-state index >= 15 is 0 Å². The fourth-order valence-corrected chi connectivity index (χ4v) is 7.70. The molecule has 0 saturated heterocycles. The fraction of sp³-hybridized carbons (Fsp3) is 0. The zero-order valence-electron chi connectivity index (χ0n) is 31.3. The van der Waals surface area contributed by atoms with Crippen molar-refractivity contribution < 1.29 is 19.2 Å². The van der Waals surface area contributed by atoms with Gasteiger partial charge in [0.2, 0.25) is 5.69 Å². The summed E-state index contributed by atoms with van der Waals surface area (Å²) in [5.41, 5.74) is 19.6. The minimum absolute atomic E-state index is 0.0204. The highest BCUT2D eigenvalue weighted by Gasteiger charge is 2.39. The number of fused-ring (bicyclic) bond motifs is 2. The first kappa shape index (κ1) is 36.5. The zero-order chi connectivity index (χ0) is 41.8. The molecule has 7 aromatic rings. The summed E-state index contributed by atoms with van der Waals surface area (Å²) in [7, 11) is 0. The lowest BCUT2D eigenvalue weighted by molar-refractivity contribution is 0.0910. The van der Waals surface area contributed by atoms with Gasteiger partial charge >= 0.3 is 0 Å². The molecule has 0 saturated carbocycles. The summed E-state index contributed by atoms with van der Waals surface area (Å²) in [6.45, 7) is 7.97. The second-order valence-electron chi connectivity index (χ2n) is 14.2. The quantitative estimate of drug-likeness (QED) is 0.0952. The normalized spacial score (nSPS) is 12.8. The molecule has 60 heavy (non-hydrogen) atoms. The van der Waals surface area contributed by atoms with E-state index in [-0.39, 0.29) is 44.8 Å². The molecule has 0 unspecified atom stereocenters. The Morgan fingerprint density at radius 3 is 1.37 bits per heavy atom. The number of amides is 4. The minimum Gasteiger partial charge on any atom is -0.399 e. The van der Waals surface area contributed by atoms with Crippen LogP contribution in [-0.2, 0) is 0 Å². The summed E-state index contributed by atoms with van der Waals surface area (Å²) in [6, 6.07) is 43.1. The Bertz CT molecular complexity index is 3130. The first-order valence-electron chi connectivity index (χ1n) is 18.5. The highest BCUT2D eigenvalue weighted by atomic mass is 16.2. The van der Waals surface area contributed by atoms with Crippen LogP contribution in [0.3, 0.4) is 0 Å². The number of nitrogens with two attached hydrogens (primary N) is 2. The number of rotatable bonds is 6. The molecule has 9 rings (SSSR count). The molecule has 0 radical (unpaired) electrons. The molecule has 2 heterocycles. The molecule has 7 aromatic carbocycles. The van der Waals surface area contributed by atoms with Gasteiger partial charge in [-0.1, -0.05) is 54.6 Å². The average molecular weight is 778 g/mol. The van der Waals surface area contributed by atoms with E-state index in [1.165, 1.54) is 12.1 Å². The van der Waals surface area contributed by atoms with Crippen molar-refractivity contribution in [2.24, 2.45) is 0 Å². The molecule has 2 aliphatic heterocycles. The van der Waals surface area contributed by atoms with Gasteiger partial charge in [-0.2, -0.15) is 10.5 Å². The van der Waals surface area contributed by atoms with Crippen LogP contribution in [0, 0.1) is 29.2 Å². The van der Waals surface area contributed by atoms with Crippen molar-refractivity contribution in [3.8, 4) is 56.6 Å². The van der Waals surface area contributed by atoms with Crippen LogP contribution in [0.15, 0.2) is 140 Å². The number of hydrogen-bond acceptors (Lipinski definition) is 8. The van der Waals surface area contributed by atoms with Crippen LogP contribution in [0.1, 0.15) is 52.6 Å². The van der Waals surface area contributed by atoms with Gasteiger partial charge in [-0.3, -0.25) is 24.1 Å². The Morgan fingerprint density at radius 2 is 0.867 bits per heavy atom. The van der Waals surface area contributed by atoms with E-state index in [1.807, 2.05) is 24.3 Å². The Hall–Kier alpha value is -9.11. The van der Waals surface area contributed by atoms with Gasteiger partial charge in [0.15, 0.2) is 0 Å². The highest BCUT2D eigenvalue weighted by molar-refractivity contribution is 6.36. The third-order valence-corrected chi connectivity index (χ3v) is 10.7. The SMILES string of the molecule is [C-]#[N+]c1cc(-c2cc(C#N)c(-c3ccc(N4C(=O)c5ccc(-c6ccc(N)cc6)cc5C4=O)cc3)c(C#N)c2)ccc1N1C(=O)c2ccc(-c3ccc(N)cc3)cc2C1=O. The molecule has 11 nitrogen and oxygen atoms in total. The van der Waals surface area contributed by atoms with Crippen molar-refractivity contribution in [1.29, 1.82) is 10.5 Å². The van der Waals surface area contributed by atoms with E-state index in [0.717, 1.165) is 32.1 Å². The fourth-order valence-electron chi connectivity index (χ4n) is 7.70. The van der Waals surface area contributed by atoms with Crippen LogP contribution >= 0.6 is 0 Å². The van der Waals surface area contributed by atoms with Gasteiger partial charge in [0, 0.05) is 16.9 Å². The number of nitrogen functional groups attached to an aromatic ring is 2. The topological polar surface area (TPSA) is 179 Å². The van der Waals surface area contributed by atoms with E-state index in [0.29, 0.717) is 39.3 Å². The number of imide groups is 2. The van der Waals surface area contributed by atoms with E-state index in [2.05, 4.69) is 17.0 Å². The lowest BCUT2D eigenvalue weighted by Gasteiger charge is -2.17. The van der Waals surface area contributed by atoms with Crippen LogP contribution < -0.4 is 21.3 Å². The number of anilines is 4. The third-order valence-electron chi connectivity index (χ3n) is 10.7. The molecule has 0 bridgehead atoms. The first-order valence-corrected chi connectivity index (χ1v) is 18.5. The number of nitrogens with zero attached hydrogens (tertiary/aromatic N) is 5. The van der Waals surface area contributed by atoms with Crippen molar-refractivity contribution in [3.05, 3.63) is 184 Å². The van der Waals surface area contributed by atoms with Crippen LogP contribution in [0.25, 0.3) is 49.4 Å². The molecule has 2 aliphatic rings. The zero-order valence-corrected chi connectivity index (χ0v) is 31.3. The number of hydrogen-bond donors (Lipinski definition) is 2. The van der Waals surface area contributed by atoms with E-state index in [4.69, 9.17) is 18.0 Å². The first-order chi connectivity index (χ1) is 29.1. The van der Waals surface area contributed by atoms with Gasteiger partial charge < -0.3 is 11.5 Å². The predicted molar refractivity (Wildman–Crippen MR) is 228 cm³/mol. The summed E-state index contributed by atoms with van der Waals surface area (Å²) < 4.78 is 0. The van der Waals surface area contributed by atoms with Crippen molar-refractivity contribution in [2.45, 2.75) is 0 Å². The summed E-state index contributed by atoms with van der Waals surface area (Å²) >= 11 is 0. The lowest BCUT2D eigenvalue weighted by atomic mass is 9.90. The molecule has 282 valence electrons. The van der Waals surface area contributed by atoms with Gasteiger partial charge in [-0.05, 0) is 124 Å². The number of benzene rings is 7. The molecule has 4 amide bonds. The van der Waals surface area contributed by atoms with E-state index in [1.54, 1.807) is 103 Å². The van der Waals surface area contributed by atoms with Crippen molar-refractivity contribution in [1.82, 2.24) is 0 Å². The maximum absolute atomic E-state index is 13.7. The summed E-state index contributed by atoms with van der Waals surface area (Å²) in [4.78, 5) is 60.1. The molecule has 4 N–H and O–H groups in total. The lowest BCUT2D eigenvalue weighted by Crippen LogP contribution is -2.29. The molecule has 0 spiro atoms. The van der Waals surface area contributed by atoms with Crippen molar-refractivity contribution >= 4 is 52.1 Å². The van der Waals surface area contributed by atoms with Crippen LogP contribution in [-0.4, -0.2) is 23.6 Å². The second kappa shape index (κ2) is 14.1. The molecule has 0 fully saturated rings. The van der Waals surface area contributed by atoms with E-state index in [9.17, 15) is 29.7 Å². The number of carbonyl (C=O) groups is 4. The van der Waals surface area contributed by atoms with Crippen LogP contribution in [0.2, 0.25) is 0 Å². The molecular formula is C49H27N7O4. The van der Waals surface area contributed by atoms with Crippen molar-refractivity contribution in [3.63, 3.8) is 0 Å². The van der Waals surface area contributed by atoms with Crippen LogP contribution in [0.5, 0.6) is 0 Å². The Kier molecular flexibility index (Phi) is 8.60. The summed E-state index contributed by atoms with van der Waals surface area (Å²) in [5.74, 6) is -2.07. The predicted octanol–water partition coefficient (Wildman–Crippen LogP) is 9.41. The Morgan fingerprint density at radius 1 is 0.450 bits per heavy atom. The molecule has 11 heteroatoms. The second-order valence-corrected chi connectivity index (χ2v) is 14.2. The minimum atomic E-state index is -0.564. The van der Waals surface area contributed by atoms with Gasteiger partial charge in [-0.25, -0.2) is 9.74 Å². The monoisotopic (exact) mass is 777 g/mol. The third kappa shape index (κ3) is 5.90. The molecule has 0 atom stereocenters. The maximum Gasteiger partial charge on any atom is 0.266 e.